The summed E-state index contributed by atoms with van der Waals surface area (Å²) in [5, 5.41) is 9.45. The lowest BCUT2D eigenvalue weighted by molar-refractivity contribution is -0.139. The Bertz CT molecular complexity index is 1260. The number of nitrogens with zero attached hydrogens (tertiary/aromatic N) is 3. The van der Waals surface area contributed by atoms with Crippen molar-refractivity contribution in [2.45, 2.75) is 36.9 Å². The summed E-state index contributed by atoms with van der Waals surface area (Å²) < 4.78 is 45.7. The van der Waals surface area contributed by atoms with Gasteiger partial charge in [0.05, 0.1) is 11.3 Å². The lowest BCUT2D eigenvalue weighted by atomic mass is 10.1. The number of ether oxygens (including phenoxy) is 1. The van der Waals surface area contributed by atoms with Crippen molar-refractivity contribution >= 4 is 44.5 Å². The smallest absolute Gasteiger partial charge is 0.419 e. The van der Waals surface area contributed by atoms with Crippen LogP contribution >= 0.6 is 23.1 Å². The van der Waals surface area contributed by atoms with Crippen molar-refractivity contribution in [2.75, 3.05) is 23.7 Å². The molecule has 1 fully saturated rings. The number of thiazole rings is 1. The fraction of sp³-hybridized carbons (Fsp3) is 0.429. The fourth-order valence-electron chi connectivity index (χ4n) is 3.57. The highest BCUT2D eigenvalue weighted by atomic mass is 32.2. The van der Waals surface area contributed by atoms with Crippen LogP contribution < -0.4 is 20.9 Å². The molecular weight excluding hydrogens is 507 g/mol. The van der Waals surface area contributed by atoms with Crippen molar-refractivity contribution < 1.29 is 27.8 Å². The number of aromatic amines is 1. The number of aliphatic carboxylic acids is 1. The third-order valence-electron chi connectivity index (χ3n) is 5.35. The number of halogens is 3. The average Bonchev–Trinajstić information content (AvgIpc) is 3.24. The van der Waals surface area contributed by atoms with Gasteiger partial charge in [0.15, 0.2) is 10.8 Å². The molecule has 0 amide bonds. The van der Waals surface area contributed by atoms with E-state index >= 15 is 0 Å². The number of carboxylic acid groups (broad SMARTS) is 1. The maximum Gasteiger partial charge on any atom is 0.419 e. The summed E-state index contributed by atoms with van der Waals surface area (Å²) in [4.78, 5) is 36.8. The van der Waals surface area contributed by atoms with Crippen LogP contribution in [0.1, 0.15) is 24.2 Å². The highest BCUT2D eigenvalue weighted by Crippen LogP contribution is 2.37. The number of fused-ring (bicyclic) bond motifs is 1. The van der Waals surface area contributed by atoms with E-state index < -0.39 is 23.8 Å². The zero-order chi connectivity index (χ0) is 25.2. The number of carbonyl (C=O) groups is 1. The number of aromatic nitrogens is 3. The molecule has 1 saturated heterocycles. The summed E-state index contributed by atoms with van der Waals surface area (Å²) in [5.74, 6) is -0.455. The van der Waals surface area contributed by atoms with E-state index in [2.05, 4.69) is 15.0 Å². The average molecular weight is 530 g/mol. The Morgan fingerprint density at radius 2 is 2.03 bits per heavy atom. The molecule has 0 aliphatic carbocycles. The molecule has 1 aliphatic heterocycles. The first kappa shape index (κ1) is 25.3. The van der Waals surface area contributed by atoms with E-state index in [1.165, 1.54) is 41.3 Å². The van der Waals surface area contributed by atoms with Crippen molar-refractivity contribution in [3.8, 4) is 5.75 Å². The predicted octanol–water partition coefficient (Wildman–Crippen LogP) is 3.09. The number of thioether (sulfide) groups is 1. The van der Waals surface area contributed by atoms with E-state index in [0.717, 1.165) is 6.07 Å². The van der Waals surface area contributed by atoms with Crippen LogP contribution in [0.4, 0.5) is 18.3 Å². The molecule has 1 atom stereocenters. The van der Waals surface area contributed by atoms with Crippen LogP contribution in [-0.4, -0.2) is 57.0 Å². The summed E-state index contributed by atoms with van der Waals surface area (Å²) in [5.41, 5.74) is 4.65. The van der Waals surface area contributed by atoms with Crippen molar-refractivity contribution in [2.24, 2.45) is 5.73 Å². The van der Waals surface area contributed by atoms with Crippen LogP contribution in [0.25, 0.3) is 10.3 Å². The molecule has 1 aromatic carbocycles. The number of benzene rings is 1. The molecule has 2 aromatic heterocycles. The minimum atomic E-state index is -4.49. The topological polar surface area (TPSA) is 134 Å². The van der Waals surface area contributed by atoms with Crippen LogP contribution in [0.5, 0.6) is 5.75 Å². The van der Waals surface area contributed by atoms with Gasteiger partial charge in [-0.3, -0.25) is 9.59 Å². The van der Waals surface area contributed by atoms with Gasteiger partial charge in [-0.15, -0.1) is 0 Å². The zero-order valence-electron chi connectivity index (χ0n) is 18.2. The lowest BCUT2D eigenvalue weighted by Crippen LogP contribution is -2.38. The van der Waals surface area contributed by atoms with Gasteiger partial charge < -0.3 is 25.5 Å². The first-order valence-electron chi connectivity index (χ1n) is 10.7. The number of para-hydroxylation sites is 1. The number of alkyl halides is 3. The zero-order valence-corrected chi connectivity index (χ0v) is 19.9. The summed E-state index contributed by atoms with van der Waals surface area (Å²) >= 11 is 2.44. The first-order valence-corrected chi connectivity index (χ1v) is 12.6. The van der Waals surface area contributed by atoms with Crippen LogP contribution in [-0.2, 0) is 16.7 Å². The summed E-state index contributed by atoms with van der Waals surface area (Å²) in [7, 11) is 0. The molecule has 188 valence electrons. The highest BCUT2D eigenvalue weighted by Gasteiger charge is 2.35. The molecule has 0 unspecified atom stereocenters. The number of anilines is 1. The van der Waals surface area contributed by atoms with E-state index in [1.807, 2.05) is 4.90 Å². The van der Waals surface area contributed by atoms with E-state index in [1.54, 1.807) is 0 Å². The molecule has 3 heterocycles. The lowest BCUT2D eigenvalue weighted by Gasteiger charge is -2.32. The predicted molar refractivity (Wildman–Crippen MR) is 127 cm³/mol. The van der Waals surface area contributed by atoms with Gasteiger partial charge in [0, 0.05) is 31.7 Å². The minimum absolute atomic E-state index is 0.170. The van der Waals surface area contributed by atoms with E-state index in [0.29, 0.717) is 47.2 Å². The van der Waals surface area contributed by atoms with Gasteiger partial charge in [-0.1, -0.05) is 23.5 Å². The maximum absolute atomic E-state index is 13.2. The molecular formula is C21H22F3N5O4S2. The van der Waals surface area contributed by atoms with Gasteiger partial charge in [0.2, 0.25) is 0 Å². The molecule has 0 bridgehead atoms. The van der Waals surface area contributed by atoms with Crippen LogP contribution in [0.3, 0.4) is 0 Å². The molecule has 3 aromatic rings. The fourth-order valence-corrected chi connectivity index (χ4v) is 5.37. The monoisotopic (exact) mass is 529 g/mol. The Morgan fingerprint density at radius 3 is 2.71 bits per heavy atom. The second kappa shape index (κ2) is 10.4. The molecule has 1 aliphatic rings. The van der Waals surface area contributed by atoms with Crippen molar-refractivity contribution in [1.29, 1.82) is 0 Å². The Kier molecular flexibility index (Phi) is 7.52. The van der Waals surface area contributed by atoms with Crippen LogP contribution in [0.2, 0.25) is 0 Å². The van der Waals surface area contributed by atoms with Gasteiger partial charge in [-0.05, 0) is 12.1 Å². The number of hydrogen-bond acceptors (Lipinski definition) is 9. The number of H-pyrrole nitrogens is 1. The summed E-state index contributed by atoms with van der Waals surface area (Å²) in [6.07, 6.45) is -3.86. The quantitative estimate of drug-likeness (QED) is 0.402. The standard InChI is InChI=1S/C21H22F3N5O4S2/c22-21(23,24)12-3-1-2-4-14(12)33-11-5-7-29(8-6-11)20-28-17-16(35-20)18(30)27-15(26-17)10-34-9-13(25)19(31)32/h1-4,11,13H,5-10,25H2,(H,31,32)(H,26,27,30)/t13-/m0/s1. The molecule has 35 heavy (non-hydrogen) atoms. The highest BCUT2D eigenvalue weighted by molar-refractivity contribution is 7.98. The Labute approximate surface area is 205 Å². The number of piperidine rings is 1. The molecule has 0 saturated carbocycles. The van der Waals surface area contributed by atoms with Gasteiger partial charge in [-0.25, -0.2) is 4.98 Å². The third kappa shape index (κ3) is 6.05. The molecule has 14 heteroatoms. The second-order valence-corrected chi connectivity index (χ2v) is 9.93. The molecule has 4 rings (SSSR count). The number of nitrogens with one attached hydrogen (secondary N) is 1. The normalized spacial score (nSPS) is 15.9. The van der Waals surface area contributed by atoms with Crippen LogP contribution in [0.15, 0.2) is 29.1 Å². The number of nitrogens with two attached hydrogens (primary N) is 1. The Hall–Kier alpha value is -2.84. The largest absolute Gasteiger partial charge is 0.490 e. The molecule has 0 spiro atoms. The Balaban J connectivity index is 1.39. The Morgan fingerprint density at radius 1 is 1.31 bits per heavy atom. The van der Waals surface area contributed by atoms with Crippen molar-refractivity contribution in [3.05, 3.63) is 46.0 Å². The van der Waals surface area contributed by atoms with E-state index in [4.69, 9.17) is 15.6 Å². The van der Waals surface area contributed by atoms with Crippen LogP contribution in [0, 0.1) is 0 Å². The minimum Gasteiger partial charge on any atom is -0.490 e. The van der Waals surface area contributed by atoms with Gasteiger partial charge in [0.1, 0.15) is 28.4 Å². The summed E-state index contributed by atoms with van der Waals surface area (Å²) in [6, 6.07) is 4.17. The van der Waals surface area contributed by atoms with Gasteiger partial charge in [-0.2, -0.15) is 29.9 Å². The van der Waals surface area contributed by atoms with Crippen molar-refractivity contribution in [1.82, 2.24) is 15.0 Å². The molecule has 4 N–H and O–H groups in total. The van der Waals surface area contributed by atoms with E-state index in [9.17, 15) is 22.8 Å². The second-order valence-electron chi connectivity index (χ2n) is 7.92. The number of hydrogen-bond donors (Lipinski definition) is 3. The van der Waals surface area contributed by atoms with E-state index in [-0.39, 0.29) is 28.9 Å². The number of rotatable bonds is 8. The first-order chi connectivity index (χ1) is 16.6. The maximum atomic E-state index is 13.2. The SMILES string of the molecule is N[C@@H](CSCc1nc2nc(N3CCC(Oc4ccccc4C(F)(F)F)CC3)sc2c(=O)[nH]1)C(=O)O. The molecule has 9 nitrogen and oxygen atoms in total. The summed E-state index contributed by atoms with van der Waals surface area (Å²) in [6.45, 7) is 1.01. The third-order valence-corrected chi connectivity index (χ3v) is 7.53. The van der Waals surface area contributed by atoms with Crippen molar-refractivity contribution in [3.63, 3.8) is 0 Å². The van der Waals surface area contributed by atoms with Gasteiger partial charge >= 0.3 is 12.1 Å². The van der Waals surface area contributed by atoms with Gasteiger partial charge in [0.25, 0.3) is 5.56 Å². The number of carboxylic acids is 1. The molecule has 0 radical (unpaired) electrons.